The molecule has 0 saturated carbocycles. The lowest BCUT2D eigenvalue weighted by Crippen LogP contribution is -2.47. The van der Waals surface area contributed by atoms with Gasteiger partial charge >= 0.3 is 8.80 Å². The number of unbranched alkanes of at least 4 members (excludes halogenated alkanes) is 15. The molecule has 0 aliphatic carbocycles. The molecule has 0 bridgehead atoms. The smallest absolute Gasteiger partial charge is 0.394 e. The third-order valence-corrected chi connectivity index (χ3v) is 9.75. The van der Waals surface area contributed by atoms with Crippen LogP contribution < -0.4 is 0 Å². The molecule has 0 aliphatic heterocycles. The Morgan fingerprint density at radius 3 is 1.39 bits per heavy atom. The minimum atomic E-state index is -2.61. The number of aliphatic hydroxyl groups is 1. The summed E-state index contributed by atoms with van der Waals surface area (Å²) in [7, 11) is 5.35. The largest absolute Gasteiger partial charge is 0.500 e. The number of hydrogen-bond donors (Lipinski definition) is 1. The maximum Gasteiger partial charge on any atom is 0.500 e. The van der Waals surface area contributed by atoms with Crippen LogP contribution in [0.15, 0.2) is 0 Å². The molecular formula is C27H60NO4Si+. The third-order valence-electron chi connectivity index (χ3n) is 6.90. The zero-order valence-electron chi connectivity index (χ0n) is 23.2. The van der Waals surface area contributed by atoms with Crippen LogP contribution >= 0.6 is 0 Å². The zero-order valence-corrected chi connectivity index (χ0v) is 24.2. The summed E-state index contributed by atoms with van der Waals surface area (Å²) >= 11 is 0. The number of quaternary nitrogens is 1. The summed E-state index contributed by atoms with van der Waals surface area (Å²) in [5, 5.41) is 9.03. The highest BCUT2D eigenvalue weighted by atomic mass is 28.4. The van der Waals surface area contributed by atoms with Crippen molar-refractivity contribution in [2.75, 3.05) is 54.6 Å². The van der Waals surface area contributed by atoms with Crippen LogP contribution in [0.5, 0.6) is 0 Å². The van der Waals surface area contributed by atoms with E-state index in [0.717, 1.165) is 23.5 Å². The van der Waals surface area contributed by atoms with Crippen molar-refractivity contribution in [1.82, 2.24) is 0 Å². The van der Waals surface area contributed by atoms with Gasteiger partial charge in [-0.15, -0.1) is 0 Å². The summed E-state index contributed by atoms with van der Waals surface area (Å²) in [5.74, 6) is 0. The van der Waals surface area contributed by atoms with Gasteiger partial charge in [-0.2, -0.15) is 0 Å². The van der Waals surface area contributed by atoms with Crippen molar-refractivity contribution >= 4 is 8.80 Å². The maximum atomic E-state index is 9.03. The van der Waals surface area contributed by atoms with Gasteiger partial charge in [-0.05, 0) is 12.8 Å². The van der Waals surface area contributed by atoms with Gasteiger partial charge in [-0.1, -0.05) is 96.8 Å². The predicted molar refractivity (Wildman–Crippen MR) is 144 cm³/mol. The van der Waals surface area contributed by atoms with Gasteiger partial charge in [0.15, 0.2) is 0 Å². The molecule has 200 valence electrons. The Morgan fingerprint density at radius 2 is 1.00 bits per heavy atom. The van der Waals surface area contributed by atoms with E-state index in [-0.39, 0.29) is 13.2 Å². The molecule has 1 N–H and O–H groups in total. The molecule has 0 saturated heterocycles. The second-order valence-corrected chi connectivity index (χ2v) is 13.4. The van der Waals surface area contributed by atoms with E-state index in [0.29, 0.717) is 0 Å². The van der Waals surface area contributed by atoms with E-state index in [4.69, 9.17) is 18.4 Å². The van der Waals surface area contributed by atoms with Gasteiger partial charge < -0.3 is 22.9 Å². The van der Waals surface area contributed by atoms with E-state index in [1.165, 1.54) is 109 Å². The van der Waals surface area contributed by atoms with Crippen LogP contribution in [0.4, 0.5) is 0 Å². The van der Waals surface area contributed by atoms with Gasteiger partial charge in [-0.3, -0.25) is 0 Å². The lowest BCUT2D eigenvalue weighted by molar-refractivity contribution is -0.890. The summed E-state index contributed by atoms with van der Waals surface area (Å²) in [6, 6.07) is 0.806. The van der Waals surface area contributed by atoms with Crippen molar-refractivity contribution in [3.8, 4) is 0 Å². The van der Waals surface area contributed by atoms with Crippen molar-refractivity contribution in [1.29, 1.82) is 0 Å². The molecule has 6 heteroatoms. The molecule has 0 atom stereocenters. The molecule has 33 heavy (non-hydrogen) atoms. The summed E-state index contributed by atoms with van der Waals surface area (Å²) in [4.78, 5) is 0. The highest BCUT2D eigenvalue weighted by Crippen LogP contribution is 2.18. The summed E-state index contributed by atoms with van der Waals surface area (Å²) in [6.45, 7) is 4.90. The molecular weight excluding hydrogens is 430 g/mol. The number of hydrogen-bond acceptors (Lipinski definition) is 4. The highest BCUT2D eigenvalue weighted by molar-refractivity contribution is 6.60. The molecule has 0 heterocycles. The van der Waals surface area contributed by atoms with Crippen LogP contribution in [-0.2, 0) is 13.3 Å². The summed E-state index contributed by atoms with van der Waals surface area (Å²) in [5.41, 5.74) is 0. The first kappa shape index (κ1) is 33.0. The van der Waals surface area contributed by atoms with E-state index in [9.17, 15) is 0 Å². The Kier molecular flexibility index (Phi) is 22.5. The van der Waals surface area contributed by atoms with Gasteiger partial charge in [0.2, 0.25) is 0 Å². The van der Waals surface area contributed by atoms with Gasteiger partial charge in [0, 0.05) is 26.7 Å². The van der Waals surface area contributed by atoms with Crippen molar-refractivity contribution in [2.24, 2.45) is 0 Å². The average Bonchev–Trinajstić information content (AvgIpc) is 2.81. The van der Waals surface area contributed by atoms with Gasteiger partial charge in [0.1, 0.15) is 0 Å². The fraction of sp³-hybridized carbons (Fsp3) is 1.00. The number of nitrogens with zero attached hydrogens (tertiary/aromatic N) is 1. The molecule has 0 amide bonds. The fourth-order valence-electron chi connectivity index (χ4n) is 4.60. The molecule has 5 nitrogen and oxygen atoms in total. The van der Waals surface area contributed by atoms with Crippen molar-refractivity contribution in [2.45, 2.75) is 122 Å². The van der Waals surface area contributed by atoms with Crippen molar-refractivity contribution in [3.05, 3.63) is 0 Å². The van der Waals surface area contributed by atoms with E-state index >= 15 is 0 Å². The minimum absolute atomic E-state index is 0.00226. The zero-order chi connectivity index (χ0) is 24.7. The van der Waals surface area contributed by atoms with E-state index < -0.39 is 8.80 Å². The standard InChI is InChI=1S/C27H60NO4Si/c1-6-7-8-9-10-11-12-13-14-15-16-17-18-19-20-21-23-28(2,3)24-22-27-33(30-4,31-5)32-26-25-29/h29H,6-27H2,1-5H3/q+1. The summed E-state index contributed by atoms with van der Waals surface area (Å²) < 4.78 is 17.9. The Balaban J connectivity index is 3.58. The van der Waals surface area contributed by atoms with Gasteiger partial charge in [0.25, 0.3) is 0 Å². The van der Waals surface area contributed by atoms with Gasteiger partial charge in [-0.25, -0.2) is 0 Å². The Labute approximate surface area is 208 Å². The first-order chi connectivity index (χ1) is 15.9. The molecule has 0 aliphatic rings. The SMILES string of the molecule is CCCCCCCCCCCCCCCCCC[N+](C)(C)CCC[Si](OC)(OC)OCCO. The lowest BCUT2D eigenvalue weighted by Gasteiger charge is -2.32. The number of rotatable bonds is 26. The van der Waals surface area contributed by atoms with Crippen molar-refractivity contribution < 1.29 is 22.9 Å². The highest BCUT2D eigenvalue weighted by Gasteiger charge is 2.39. The molecule has 0 fully saturated rings. The van der Waals surface area contributed by atoms with Gasteiger partial charge in [0.05, 0.1) is 40.4 Å². The Morgan fingerprint density at radius 1 is 0.606 bits per heavy atom. The van der Waals surface area contributed by atoms with E-state index in [1.807, 2.05) is 0 Å². The van der Waals surface area contributed by atoms with Crippen molar-refractivity contribution in [3.63, 3.8) is 0 Å². The van der Waals surface area contributed by atoms with Crippen LogP contribution in [0.25, 0.3) is 0 Å². The molecule has 0 spiro atoms. The first-order valence-corrected chi connectivity index (χ1v) is 16.1. The lowest BCUT2D eigenvalue weighted by atomic mass is 10.0. The van der Waals surface area contributed by atoms with Crippen LogP contribution in [0, 0.1) is 0 Å². The number of aliphatic hydroxyl groups excluding tert-OH is 1. The molecule has 0 rings (SSSR count). The quantitative estimate of drug-likeness (QED) is 0.0809. The predicted octanol–water partition coefficient (Wildman–Crippen LogP) is 6.96. The molecule has 0 aromatic rings. The summed E-state index contributed by atoms with van der Waals surface area (Å²) in [6.07, 6.45) is 23.7. The Bertz CT molecular complexity index is 406. The monoisotopic (exact) mass is 490 g/mol. The third kappa shape index (κ3) is 20.0. The van der Waals surface area contributed by atoms with E-state index in [2.05, 4.69) is 21.0 Å². The normalized spacial score (nSPS) is 12.5. The fourth-order valence-corrected chi connectivity index (χ4v) is 6.55. The molecule has 0 aromatic carbocycles. The minimum Gasteiger partial charge on any atom is -0.394 e. The second kappa shape index (κ2) is 22.5. The molecule has 0 radical (unpaired) electrons. The van der Waals surface area contributed by atoms with Crippen LogP contribution in [-0.4, -0.2) is 73.0 Å². The molecule has 0 unspecified atom stereocenters. The topological polar surface area (TPSA) is 47.9 Å². The molecule has 0 aromatic heterocycles. The average molecular weight is 491 g/mol. The van der Waals surface area contributed by atoms with Crippen LogP contribution in [0.1, 0.15) is 116 Å². The van der Waals surface area contributed by atoms with Crippen LogP contribution in [0.2, 0.25) is 6.04 Å². The Hall–Kier alpha value is 0.0169. The second-order valence-electron chi connectivity index (χ2n) is 10.5. The van der Waals surface area contributed by atoms with Crippen LogP contribution in [0.3, 0.4) is 0 Å². The van der Waals surface area contributed by atoms with E-state index in [1.54, 1.807) is 14.2 Å². The first-order valence-electron chi connectivity index (χ1n) is 14.1. The maximum absolute atomic E-state index is 9.03.